The third kappa shape index (κ3) is 11.7. The van der Waals surface area contributed by atoms with Gasteiger partial charge in [-0.25, -0.2) is 4.79 Å². The molecule has 3 N–H and O–H groups in total. The number of carbonyl (C=O) groups is 3. The maximum Gasteiger partial charge on any atom is 0.408 e. The molecule has 0 aliphatic carbocycles. The molecule has 2 atom stereocenters. The lowest BCUT2D eigenvalue weighted by Gasteiger charge is -2.29. The van der Waals surface area contributed by atoms with Crippen LogP contribution < -0.4 is 15.5 Å². The highest BCUT2D eigenvalue weighted by Crippen LogP contribution is 2.14. The van der Waals surface area contributed by atoms with Crippen LogP contribution in [-0.4, -0.2) is 54.1 Å². The van der Waals surface area contributed by atoms with E-state index in [2.05, 4.69) is 15.5 Å². The molecule has 0 aromatic heterocycles. The summed E-state index contributed by atoms with van der Waals surface area (Å²) in [6.45, 7) is 11.2. The average Bonchev–Trinajstić information content (AvgIpc) is 2.82. The highest BCUT2D eigenvalue weighted by atomic mass is 32.2. The molecule has 11 nitrogen and oxygen atoms in total. The van der Waals surface area contributed by atoms with Crippen molar-refractivity contribution in [3.63, 3.8) is 0 Å². The summed E-state index contributed by atoms with van der Waals surface area (Å²) in [5, 5.41) is 2.39. The highest BCUT2D eigenvalue weighted by molar-refractivity contribution is 7.87. The Morgan fingerprint density at radius 3 is 1.82 bits per heavy atom. The van der Waals surface area contributed by atoms with Crippen molar-refractivity contribution in [2.24, 2.45) is 0 Å². The summed E-state index contributed by atoms with van der Waals surface area (Å²) in [4.78, 5) is 38.2. The Balaban J connectivity index is 2.32. The second-order valence-corrected chi connectivity index (χ2v) is 12.9. The molecule has 0 bridgehead atoms. The van der Waals surface area contributed by atoms with E-state index in [-0.39, 0.29) is 13.0 Å². The van der Waals surface area contributed by atoms with Crippen molar-refractivity contribution in [1.82, 2.24) is 19.9 Å². The van der Waals surface area contributed by atoms with Gasteiger partial charge in [-0.3, -0.25) is 15.0 Å². The number of amides is 2. The molecule has 220 valence electrons. The van der Waals surface area contributed by atoms with Gasteiger partial charge in [0, 0.05) is 0 Å². The minimum Gasteiger partial charge on any atom is -0.459 e. The van der Waals surface area contributed by atoms with Crippen molar-refractivity contribution in [3.8, 4) is 0 Å². The molecular weight excluding hydrogens is 536 g/mol. The molecular formula is C28H40N4O7S. The molecule has 0 saturated carbocycles. The van der Waals surface area contributed by atoms with E-state index in [1.807, 2.05) is 0 Å². The number of alkyl carbamates (subject to hydrolysis) is 1. The molecule has 2 amide bonds. The number of nitrogens with one attached hydrogen (secondary N) is 3. The Kier molecular flexibility index (Phi) is 11.2. The molecule has 0 aliphatic rings. The normalized spacial score (nSPS) is 13.7. The monoisotopic (exact) mass is 576 g/mol. The Morgan fingerprint density at radius 1 is 0.825 bits per heavy atom. The molecule has 2 aromatic rings. The molecule has 0 radical (unpaired) electrons. The smallest absolute Gasteiger partial charge is 0.408 e. The fraction of sp³-hybridized carbons (Fsp3) is 0.464. The van der Waals surface area contributed by atoms with Gasteiger partial charge in [0.1, 0.15) is 23.3 Å². The van der Waals surface area contributed by atoms with Crippen molar-refractivity contribution in [3.05, 3.63) is 71.8 Å². The number of ether oxygens (including phenoxy) is 2. The summed E-state index contributed by atoms with van der Waals surface area (Å²) in [5.74, 6) is -1.59. The maximum atomic E-state index is 13.7. The number of carbonyl (C=O) groups excluding carboxylic acids is 3. The van der Waals surface area contributed by atoms with Crippen LogP contribution in [0, 0.1) is 0 Å². The number of hydrogen-bond acceptors (Lipinski definition) is 7. The van der Waals surface area contributed by atoms with Crippen LogP contribution >= 0.6 is 0 Å². The molecule has 2 aromatic carbocycles. The molecule has 0 unspecified atom stereocenters. The van der Waals surface area contributed by atoms with Crippen LogP contribution in [0.25, 0.3) is 0 Å². The Morgan fingerprint density at radius 2 is 1.32 bits per heavy atom. The standard InChI is InChI=1S/C28H40N4O7S/c1-20(29-26(35)39-28(5,6)7)24(33)30-32(19-22-16-12-9-13-17-22)40(36,37)31-23(25(34)38-27(2,3)4)18-21-14-10-8-11-15-21/h8-17,20,23,31H,18-19H2,1-7H3,(H,29,35)(H,30,33)/t20-,23+/m0/s1. The Labute approximate surface area is 236 Å². The minimum absolute atomic E-state index is 0.0126. The number of hydrogen-bond donors (Lipinski definition) is 3. The third-order valence-electron chi connectivity index (χ3n) is 5.09. The summed E-state index contributed by atoms with van der Waals surface area (Å²) in [7, 11) is -4.52. The van der Waals surface area contributed by atoms with E-state index in [0.29, 0.717) is 15.5 Å². The van der Waals surface area contributed by atoms with E-state index in [1.165, 1.54) is 6.92 Å². The van der Waals surface area contributed by atoms with Crippen molar-refractivity contribution in [2.45, 2.75) is 84.7 Å². The van der Waals surface area contributed by atoms with E-state index < -0.39 is 51.5 Å². The van der Waals surface area contributed by atoms with Gasteiger partial charge < -0.3 is 14.8 Å². The van der Waals surface area contributed by atoms with Gasteiger partial charge in [-0.1, -0.05) is 65.1 Å². The molecule has 2 rings (SSSR count). The maximum absolute atomic E-state index is 13.7. The average molecular weight is 577 g/mol. The second-order valence-electron chi connectivity index (χ2n) is 11.2. The molecule has 40 heavy (non-hydrogen) atoms. The first kappa shape index (κ1) is 32.7. The van der Waals surface area contributed by atoms with Gasteiger partial charge >= 0.3 is 12.1 Å². The van der Waals surface area contributed by atoms with Crippen LogP contribution in [0.4, 0.5) is 4.79 Å². The van der Waals surface area contributed by atoms with Crippen LogP contribution in [0.3, 0.4) is 0 Å². The van der Waals surface area contributed by atoms with E-state index in [0.717, 1.165) is 0 Å². The zero-order chi connectivity index (χ0) is 30.1. The Hall–Kier alpha value is -3.48. The summed E-state index contributed by atoms with van der Waals surface area (Å²) < 4.78 is 41.1. The van der Waals surface area contributed by atoms with Crippen LogP contribution in [0.1, 0.15) is 59.6 Å². The first-order chi connectivity index (χ1) is 18.4. The number of rotatable bonds is 11. The molecule has 0 spiro atoms. The van der Waals surface area contributed by atoms with Crippen LogP contribution in [0.15, 0.2) is 60.7 Å². The zero-order valence-corrected chi connectivity index (χ0v) is 24.9. The van der Waals surface area contributed by atoms with Gasteiger partial charge in [-0.2, -0.15) is 13.1 Å². The highest BCUT2D eigenvalue weighted by Gasteiger charge is 2.34. The van der Waals surface area contributed by atoms with E-state index in [4.69, 9.17) is 9.47 Å². The predicted octanol–water partition coefficient (Wildman–Crippen LogP) is 3.22. The number of hydrazine groups is 1. The molecule has 0 aliphatic heterocycles. The number of benzene rings is 2. The van der Waals surface area contributed by atoms with Gasteiger partial charge in [0.25, 0.3) is 16.1 Å². The topological polar surface area (TPSA) is 143 Å². The molecule has 12 heteroatoms. The van der Waals surface area contributed by atoms with Gasteiger partial charge in [0.2, 0.25) is 0 Å². The van der Waals surface area contributed by atoms with Gasteiger partial charge in [0.05, 0.1) is 6.54 Å². The van der Waals surface area contributed by atoms with E-state index >= 15 is 0 Å². The third-order valence-corrected chi connectivity index (χ3v) is 6.47. The van der Waals surface area contributed by atoms with Gasteiger partial charge in [0.15, 0.2) is 0 Å². The fourth-order valence-electron chi connectivity index (χ4n) is 3.34. The lowest BCUT2D eigenvalue weighted by Crippen LogP contribution is -2.58. The molecule has 0 heterocycles. The first-order valence-electron chi connectivity index (χ1n) is 12.9. The summed E-state index contributed by atoms with van der Waals surface area (Å²) in [5.41, 5.74) is 1.97. The van der Waals surface area contributed by atoms with Crippen LogP contribution in [0.5, 0.6) is 0 Å². The number of esters is 1. The summed E-state index contributed by atoms with van der Waals surface area (Å²) >= 11 is 0. The molecule has 0 fully saturated rings. The summed E-state index contributed by atoms with van der Waals surface area (Å²) in [6, 6.07) is 15.0. The van der Waals surface area contributed by atoms with Crippen molar-refractivity contribution >= 4 is 28.2 Å². The van der Waals surface area contributed by atoms with Gasteiger partial charge in [-0.05, 0) is 66.0 Å². The van der Waals surface area contributed by atoms with Gasteiger partial charge in [-0.15, -0.1) is 0 Å². The van der Waals surface area contributed by atoms with Crippen molar-refractivity contribution in [1.29, 1.82) is 0 Å². The predicted molar refractivity (Wildman–Crippen MR) is 151 cm³/mol. The van der Waals surface area contributed by atoms with Crippen molar-refractivity contribution < 1.29 is 32.3 Å². The number of nitrogens with zero attached hydrogens (tertiary/aromatic N) is 1. The summed E-state index contributed by atoms with van der Waals surface area (Å²) in [6.07, 6.45) is -0.822. The van der Waals surface area contributed by atoms with E-state index in [1.54, 1.807) is 102 Å². The SMILES string of the molecule is C[C@H](NC(=O)OC(C)(C)C)C(=O)NN(Cc1ccccc1)S(=O)(=O)N[C@H](Cc1ccccc1)C(=O)OC(C)(C)C. The fourth-order valence-corrected chi connectivity index (χ4v) is 4.54. The largest absolute Gasteiger partial charge is 0.459 e. The lowest BCUT2D eigenvalue weighted by molar-refractivity contribution is -0.156. The van der Waals surface area contributed by atoms with Crippen molar-refractivity contribution in [2.75, 3.05) is 0 Å². The quantitative estimate of drug-likeness (QED) is 0.275. The van der Waals surface area contributed by atoms with Crippen LogP contribution in [0.2, 0.25) is 0 Å². The van der Waals surface area contributed by atoms with E-state index in [9.17, 15) is 22.8 Å². The van der Waals surface area contributed by atoms with Crippen LogP contribution in [-0.2, 0) is 42.2 Å². The minimum atomic E-state index is -4.52. The lowest BCUT2D eigenvalue weighted by atomic mass is 10.1. The zero-order valence-electron chi connectivity index (χ0n) is 24.1. The Bertz CT molecular complexity index is 1240. The first-order valence-corrected chi connectivity index (χ1v) is 14.3. The molecule has 0 saturated heterocycles. The second kappa shape index (κ2) is 13.7.